The summed E-state index contributed by atoms with van der Waals surface area (Å²) in [6, 6.07) is 0. The van der Waals surface area contributed by atoms with Gasteiger partial charge in [0.25, 0.3) is 0 Å². The molecule has 0 bridgehead atoms. The standard InChI is InChI=1S/C16H27NO5/c1-11-6-5-7-16(21,8-11)15(12(18)19)9-17(10-15)13(20)22-14(2,3)4/h11,21H,5-10H2,1-4H3,(H,18,19). The van der Waals surface area contributed by atoms with E-state index in [-0.39, 0.29) is 13.1 Å². The van der Waals surface area contributed by atoms with E-state index in [1.165, 1.54) is 4.90 Å². The summed E-state index contributed by atoms with van der Waals surface area (Å²) in [5.74, 6) is -0.727. The van der Waals surface area contributed by atoms with E-state index < -0.39 is 28.7 Å². The predicted molar refractivity (Wildman–Crippen MR) is 80.5 cm³/mol. The van der Waals surface area contributed by atoms with Gasteiger partial charge in [-0.1, -0.05) is 19.8 Å². The molecule has 0 aromatic carbocycles. The predicted octanol–water partition coefficient (Wildman–Crippen LogP) is 2.25. The number of carbonyl (C=O) groups is 2. The molecule has 1 amide bonds. The number of rotatable bonds is 2. The van der Waals surface area contributed by atoms with Crippen molar-refractivity contribution in [3.8, 4) is 0 Å². The zero-order chi connectivity index (χ0) is 16.8. The largest absolute Gasteiger partial charge is 0.481 e. The molecule has 0 aromatic rings. The van der Waals surface area contributed by atoms with Crippen LogP contribution in [0.15, 0.2) is 0 Å². The number of likely N-dealkylation sites (tertiary alicyclic amines) is 1. The van der Waals surface area contributed by atoms with E-state index in [2.05, 4.69) is 0 Å². The third-order valence-electron chi connectivity index (χ3n) is 4.85. The highest BCUT2D eigenvalue weighted by molar-refractivity contribution is 5.82. The molecule has 2 atom stereocenters. The van der Waals surface area contributed by atoms with E-state index in [0.717, 1.165) is 12.8 Å². The number of aliphatic hydroxyl groups is 1. The lowest BCUT2D eigenvalue weighted by atomic mass is 9.59. The molecule has 2 aliphatic rings. The second-order valence-corrected chi connectivity index (χ2v) is 7.96. The van der Waals surface area contributed by atoms with E-state index in [1.54, 1.807) is 20.8 Å². The van der Waals surface area contributed by atoms with Gasteiger partial charge in [-0.15, -0.1) is 0 Å². The lowest BCUT2D eigenvalue weighted by Gasteiger charge is -2.56. The molecule has 1 aliphatic heterocycles. The molecule has 22 heavy (non-hydrogen) atoms. The summed E-state index contributed by atoms with van der Waals surface area (Å²) >= 11 is 0. The average Bonchev–Trinajstić information content (AvgIpc) is 2.22. The van der Waals surface area contributed by atoms with Gasteiger partial charge in [-0.25, -0.2) is 4.79 Å². The van der Waals surface area contributed by atoms with Crippen LogP contribution in [0.5, 0.6) is 0 Å². The van der Waals surface area contributed by atoms with Crippen molar-refractivity contribution < 1.29 is 24.5 Å². The number of ether oxygens (including phenoxy) is 1. The van der Waals surface area contributed by atoms with Gasteiger partial charge in [-0.2, -0.15) is 0 Å². The molecule has 0 spiro atoms. The Morgan fingerprint density at radius 2 is 1.86 bits per heavy atom. The molecule has 1 saturated heterocycles. The Morgan fingerprint density at radius 1 is 1.27 bits per heavy atom. The molecule has 1 heterocycles. The first kappa shape index (κ1) is 17.1. The number of carboxylic acids is 1. The van der Waals surface area contributed by atoms with E-state index >= 15 is 0 Å². The first-order valence-electron chi connectivity index (χ1n) is 7.93. The summed E-state index contributed by atoms with van der Waals surface area (Å²) in [6.45, 7) is 7.37. The molecule has 1 saturated carbocycles. The van der Waals surface area contributed by atoms with E-state index in [9.17, 15) is 19.8 Å². The first-order valence-corrected chi connectivity index (χ1v) is 7.93. The smallest absolute Gasteiger partial charge is 0.410 e. The van der Waals surface area contributed by atoms with Crippen LogP contribution >= 0.6 is 0 Å². The third-order valence-corrected chi connectivity index (χ3v) is 4.85. The summed E-state index contributed by atoms with van der Waals surface area (Å²) in [7, 11) is 0. The highest BCUT2D eigenvalue weighted by atomic mass is 16.6. The Kier molecular flexibility index (Phi) is 4.19. The van der Waals surface area contributed by atoms with Crippen LogP contribution in [0.4, 0.5) is 4.79 Å². The van der Waals surface area contributed by atoms with E-state index in [4.69, 9.17) is 4.74 Å². The summed E-state index contributed by atoms with van der Waals surface area (Å²) in [5.41, 5.74) is -3.12. The highest BCUT2D eigenvalue weighted by Gasteiger charge is 2.64. The van der Waals surface area contributed by atoms with Crippen molar-refractivity contribution in [1.29, 1.82) is 0 Å². The average molecular weight is 313 g/mol. The van der Waals surface area contributed by atoms with Crippen molar-refractivity contribution in [1.82, 2.24) is 4.90 Å². The maximum Gasteiger partial charge on any atom is 0.410 e. The summed E-state index contributed by atoms with van der Waals surface area (Å²) in [6.07, 6.45) is 2.26. The van der Waals surface area contributed by atoms with E-state index in [1.807, 2.05) is 6.92 Å². The fourth-order valence-electron chi connectivity index (χ4n) is 3.65. The second-order valence-electron chi connectivity index (χ2n) is 7.96. The normalized spacial score (nSPS) is 31.3. The molecule has 0 radical (unpaired) electrons. The molecule has 2 rings (SSSR count). The SMILES string of the molecule is CC1CCCC(O)(C2(C(=O)O)CN(C(=O)OC(C)(C)C)C2)C1. The number of amides is 1. The van der Waals surface area contributed by atoms with Crippen LogP contribution in [0.25, 0.3) is 0 Å². The zero-order valence-electron chi connectivity index (χ0n) is 13.9. The Morgan fingerprint density at radius 3 is 2.32 bits per heavy atom. The Labute approximate surface area is 131 Å². The molecule has 2 fully saturated rings. The van der Waals surface area contributed by atoms with Gasteiger partial charge in [0.1, 0.15) is 11.0 Å². The van der Waals surface area contributed by atoms with Crippen LogP contribution in [0.2, 0.25) is 0 Å². The van der Waals surface area contributed by atoms with Crippen LogP contribution in [0.3, 0.4) is 0 Å². The highest BCUT2D eigenvalue weighted by Crippen LogP contribution is 2.50. The number of hydrogen-bond donors (Lipinski definition) is 2. The minimum atomic E-state index is -1.27. The molecular formula is C16H27NO5. The number of carboxylic acid groups (broad SMARTS) is 1. The number of carbonyl (C=O) groups excluding carboxylic acids is 1. The fourth-order valence-corrected chi connectivity index (χ4v) is 3.65. The summed E-state index contributed by atoms with van der Waals surface area (Å²) in [4.78, 5) is 25.2. The first-order chi connectivity index (χ1) is 9.99. The van der Waals surface area contributed by atoms with Crippen molar-refractivity contribution in [2.24, 2.45) is 11.3 Å². The van der Waals surface area contributed by atoms with Gasteiger partial charge in [-0.3, -0.25) is 4.79 Å². The van der Waals surface area contributed by atoms with Gasteiger partial charge in [0, 0.05) is 13.1 Å². The maximum atomic E-state index is 12.0. The van der Waals surface area contributed by atoms with Crippen molar-refractivity contribution in [3.05, 3.63) is 0 Å². The van der Waals surface area contributed by atoms with Crippen LogP contribution in [-0.4, -0.2) is 51.5 Å². The van der Waals surface area contributed by atoms with Crippen molar-refractivity contribution in [2.45, 2.75) is 64.6 Å². The van der Waals surface area contributed by atoms with Gasteiger partial charge < -0.3 is 19.8 Å². The molecule has 1 aliphatic carbocycles. The number of aliphatic carboxylic acids is 1. The molecule has 2 unspecified atom stereocenters. The molecule has 0 aromatic heterocycles. The molecule has 6 nitrogen and oxygen atoms in total. The monoisotopic (exact) mass is 313 g/mol. The van der Waals surface area contributed by atoms with Crippen LogP contribution in [-0.2, 0) is 9.53 Å². The second kappa shape index (κ2) is 5.41. The molecule has 6 heteroatoms. The molecular weight excluding hydrogens is 286 g/mol. The Balaban J connectivity index is 2.11. The minimum Gasteiger partial charge on any atom is -0.481 e. The van der Waals surface area contributed by atoms with Gasteiger partial charge >= 0.3 is 12.1 Å². The fraction of sp³-hybridized carbons (Fsp3) is 0.875. The Bertz CT molecular complexity index is 464. The quantitative estimate of drug-likeness (QED) is 0.816. The minimum absolute atomic E-state index is 0.0144. The maximum absolute atomic E-state index is 12.0. The lowest BCUT2D eigenvalue weighted by Crippen LogP contribution is -2.72. The van der Waals surface area contributed by atoms with Crippen LogP contribution in [0.1, 0.15) is 53.4 Å². The summed E-state index contributed by atoms with van der Waals surface area (Å²) in [5, 5.41) is 20.6. The Hall–Kier alpha value is -1.30. The number of nitrogens with zero attached hydrogens (tertiary/aromatic N) is 1. The zero-order valence-corrected chi connectivity index (χ0v) is 13.9. The lowest BCUT2D eigenvalue weighted by molar-refractivity contribution is -0.204. The topological polar surface area (TPSA) is 87.1 Å². The molecule has 2 N–H and O–H groups in total. The molecule has 126 valence electrons. The third kappa shape index (κ3) is 2.93. The van der Waals surface area contributed by atoms with Gasteiger partial charge in [0.05, 0.1) is 5.60 Å². The summed E-state index contributed by atoms with van der Waals surface area (Å²) < 4.78 is 5.27. The van der Waals surface area contributed by atoms with Gasteiger partial charge in [-0.05, 0) is 39.5 Å². The number of hydrogen-bond acceptors (Lipinski definition) is 4. The van der Waals surface area contributed by atoms with E-state index in [0.29, 0.717) is 18.8 Å². The van der Waals surface area contributed by atoms with Crippen LogP contribution in [0, 0.1) is 11.3 Å². The van der Waals surface area contributed by atoms with Gasteiger partial charge in [0.15, 0.2) is 0 Å². The van der Waals surface area contributed by atoms with Crippen molar-refractivity contribution >= 4 is 12.1 Å². The van der Waals surface area contributed by atoms with Crippen molar-refractivity contribution in [3.63, 3.8) is 0 Å². The van der Waals surface area contributed by atoms with Crippen molar-refractivity contribution in [2.75, 3.05) is 13.1 Å². The van der Waals surface area contributed by atoms with Gasteiger partial charge in [0.2, 0.25) is 0 Å². The van der Waals surface area contributed by atoms with Crippen LogP contribution < -0.4 is 0 Å².